The molecule has 3 atom stereocenters. The van der Waals surface area contributed by atoms with Gasteiger partial charge in [0, 0.05) is 18.6 Å². The smallest absolute Gasteiger partial charge is 0.0169 e. The molecule has 0 spiro atoms. The minimum Gasteiger partial charge on any atom is -0.310 e. The Morgan fingerprint density at radius 1 is 1.12 bits per heavy atom. The molecule has 1 N–H and O–H groups in total. The van der Waals surface area contributed by atoms with Crippen LogP contribution in [-0.2, 0) is 0 Å². The molecule has 1 saturated carbocycles. The second-order valence-electron chi connectivity index (χ2n) is 6.13. The second-order valence-corrected chi connectivity index (χ2v) is 6.13. The maximum absolute atomic E-state index is 3.91. The highest BCUT2D eigenvalue weighted by Gasteiger charge is 2.25. The van der Waals surface area contributed by atoms with E-state index in [4.69, 9.17) is 0 Å². The van der Waals surface area contributed by atoms with Gasteiger partial charge in [0.1, 0.15) is 0 Å². The van der Waals surface area contributed by atoms with Gasteiger partial charge in [-0.3, -0.25) is 0 Å². The van der Waals surface area contributed by atoms with Crippen LogP contribution in [0.25, 0.3) is 0 Å². The zero-order chi connectivity index (χ0) is 12.1. The minimum atomic E-state index is 0.672. The Kier molecular flexibility index (Phi) is 5.30. The third-order valence-electron chi connectivity index (χ3n) is 4.66. The summed E-state index contributed by atoms with van der Waals surface area (Å²) >= 11 is 0. The summed E-state index contributed by atoms with van der Waals surface area (Å²) in [6.45, 7) is 8.64. The standard InChI is InChI=1S/C15H30N2/c1-3-14-8-4-5-9-15(14)16-13(2)12-17-10-6-7-11-17/h13-16H,3-12H2,1-2H3. The summed E-state index contributed by atoms with van der Waals surface area (Å²) < 4.78 is 0. The van der Waals surface area contributed by atoms with Crippen molar-refractivity contribution in [1.29, 1.82) is 0 Å². The Morgan fingerprint density at radius 3 is 2.53 bits per heavy atom. The largest absolute Gasteiger partial charge is 0.310 e. The maximum Gasteiger partial charge on any atom is 0.0169 e. The van der Waals surface area contributed by atoms with Gasteiger partial charge in [0.05, 0.1) is 0 Å². The van der Waals surface area contributed by atoms with Crippen LogP contribution in [0, 0.1) is 5.92 Å². The van der Waals surface area contributed by atoms with Crippen LogP contribution in [0.1, 0.15) is 58.8 Å². The third-order valence-corrected chi connectivity index (χ3v) is 4.66. The predicted octanol–water partition coefficient (Wildman–Crippen LogP) is 3.03. The molecule has 1 aliphatic carbocycles. The lowest BCUT2D eigenvalue weighted by Gasteiger charge is -2.35. The molecule has 0 amide bonds. The highest BCUT2D eigenvalue weighted by Crippen LogP contribution is 2.27. The van der Waals surface area contributed by atoms with Crippen LogP contribution >= 0.6 is 0 Å². The summed E-state index contributed by atoms with van der Waals surface area (Å²) in [5.41, 5.74) is 0. The highest BCUT2D eigenvalue weighted by molar-refractivity contribution is 4.83. The van der Waals surface area contributed by atoms with Crippen LogP contribution in [0.4, 0.5) is 0 Å². The molecule has 3 unspecified atom stereocenters. The fourth-order valence-corrected chi connectivity index (χ4v) is 3.69. The van der Waals surface area contributed by atoms with Crippen molar-refractivity contribution in [1.82, 2.24) is 10.2 Å². The van der Waals surface area contributed by atoms with Gasteiger partial charge in [0.25, 0.3) is 0 Å². The molecule has 0 bridgehead atoms. The van der Waals surface area contributed by atoms with E-state index >= 15 is 0 Å². The minimum absolute atomic E-state index is 0.672. The van der Waals surface area contributed by atoms with Crippen LogP contribution in [0.15, 0.2) is 0 Å². The molecule has 1 saturated heterocycles. The molecule has 2 aliphatic rings. The van der Waals surface area contributed by atoms with Gasteiger partial charge in [-0.1, -0.05) is 26.2 Å². The van der Waals surface area contributed by atoms with Gasteiger partial charge in [0.2, 0.25) is 0 Å². The normalized spacial score (nSPS) is 32.8. The van der Waals surface area contributed by atoms with Crippen molar-refractivity contribution in [3.63, 3.8) is 0 Å². The zero-order valence-electron chi connectivity index (χ0n) is 11.8. The molecule has 2 heteroatoms. The summed E-state index contributed by atoms with van der Waals surface area (Å²) in [5, 5.41) is 3.91. The number of nitrogens with one attached hydrogen (secondary N) is 1. The van der Waals surface area contributed by atoms with E-state index in [1.807, 2.05) is 0 Å². The monoisotopic (exact) mass is 238 g/mol. The van der Waals surface area contributed by atoms with Crippen molar-refractivity contribution in [2.45, 2.75) is 70.9 Å². The molecule has 0 aromatic rings. The number of hydrogen-bond acceptors (Lipinski definition) is 2. The Hall–Kier alpha value is -0.0800. The highest BCUT2D eigenvalue weighted by atomic mass is 15.2. The van der Waals surface area contributed by atoms with Gasteiger partial charge in [-0.2, -0.15) is 0 Å². The van der Waals surface area contributed by atoms with Gasteiger partial charge in [0.15, 0.2) is 0 Å². The Balaban J connectivity index is 1.73. The zero-order valence-corrected chi connectivity index (χ0v) is 11.8. The third kappa shape index (κ3) is 3.96. The number of hydrogen-bond donors (Lipinski definition) is 1. The molecule has 0 aromatic carbocycles. The first kappa shape index (κ1) is 13.4. The summed E-state index contributed by atoms with van der Waals surface area (Å²) in [5.74, 6) is 0.935. The van der Waals surface area contributed by atoms with Gasteiger partial charge in [-0.05, 0) is 51.6 Å². The van der Waals surface area contributed by atoms with E-state index in [1.165, 1.54) is 64.6 Å². The molecular weight excluding hydrogens is 208 g/mol. The quantitative estimate of drug-likeness (QED) is 0.792. The molecule has 0 aromatic heterocycles. The lowest BCUT2D eigenvalue weighted by Crippen LogP contribution is -2.47. The molecule has 2 nitrogen and oxygen atoms in total. The lowest BCUT2D eigenvalue weighted by molar-refractivity contribution is 0.215. The predicted molar refractivity (Wildman–Crippen MR) is 74.3 cm³/mol. The summed E-state index contributed by atoms with van der Waals surface area (Å²) in [7, 11) is 0. The van der Waals surface area contributed by atoms with E-state index in [9.17, 15) is 0 Å². The molecule has 17 heavy (non-hydrogen) atoms. The first-order valence-electron chi connectivity index (χ1n) is 7.78. The fourth-order valence-electron chi connectivity index (χ4n) is 3.69. The summed E-state index contributed by atoms with van der Waals surface area (Å²) in [6, 6.07) is 1.47. The molecular formula is C15H30N2. The van der Waals surface area contributed by atoms with Crippen LogP contribution in [0.3, 0.4) is 0 Å². The summed E-state index contributed by atoms with van der Waals surface area (Å²) in [4.78, 5) is 2.63. The Labute approximate surface area is 107 Å². The second kappa shape index (κ2) is 6.75. The fraction of sp³-hybridized carbons (Fsp3) is 1.00. The number of rotatable bonds is 5. The Morgan fingerprint density at radius 2 is 1.82 bits per heavy atom. The number of likely N-dealkylation sites (tertiary alicyclic amines) is 1. The Bertz CT molecular complexity index is 211. The maximum atomic E-state index is 3.91. The van der Waals surface area contributed by atoms with Crippen molar-refractivity contribution in [2.75, 3.05) is 19.6 Å². The average molecular weight is 238 g/mol. The van der Waals surface area contributed by atoms with Gasteiger partial charge in [-0.15, -0.1) is 0 Å². The van der Waals surface area contributed by atoms with Crippen molar-refractivity contribution in [2.24, 2.45) is 5.92 Å². The van der Waals surface area contributed by atoms with E-state index in [0.29, 0.717) is 6.04 Å². The molecule has 0 radical (unpaired) electrons. The molecule has 1 aliphatic heterocycles. The molecule has 2 fully saturated rings. The van der Waals surface area contributed by atoms with E-state index in [-0.39, 0.29) is 0 Å². The molecule has 100 valence electrons. The van der Waals surface area contributed by atoms with Crippen molar-refractivity contribution in [3.8, 4) is 0 Å². The average Bonchev–Trinajstić information content (AvgIpc) is 2.82. The number of nitrogens with zero attached hydrogens (tertiary/aromatic N) is 1. The molecule has 1 heterocycles. The lowest BCUT2D eigenvalue weighted by atomic mass is 9.82. The van der Waals surface area contributed by atoms with Crippen molar-refractivity contribution in [3.05, 3.63) is 0 Å². The molecule has 2 rings (SSSR count). The van der Waals surface area contributed by atoms with E-state index in [0.717, 1.165) is 12.0 Å². The van der Waals surface area contributed by atoms with Crippen LogP contribution in [0.2, 0.25) is 0 Å². The van der Waals surface area contributed by atoms with Crippen LogP contribution < -0.4 is 5.32 Å². The van der Waals surface area contributed by atoms with Gasteiger partial charge < -0.3 is 10.2 Å². The topological polar surface area (TPSA) is 15.3 Å². The van der Waals surface area contributed by atoms with E-state index in [1.54, 1.807) is 0 Å². The van der Waals surface area contributed by atoms with E-state index in [2.05, 4.69) is 24.1 Å². The van der Waals surface area contributed by atoms with Crippen LogP contribution in [0.5, 0.6) is 0 Å². The first-order chi connectivity index (χ1) is 8.29. The van der Waals surface area contributed by atoms with Crippen molar-refractivity contribution < 1.29 is 0 Å². The summed E-state index contributed by atoms with van der Waals surface area (Å²) in [6.07, 6.45) is 9.92. The van der Waals surface area contributed by atoms with Crippen molar-refractivity contribution >= 4 is 0 Å². The SMILES string of the molecule is CCC1CCCCC1NC(C)CN1CCCC1. The first-order valence-corrected chi connectivity index (χ1v) is 7.78. The van der Waals surface area contributed by atoms with E-state index < -0.39 is 0 Å². The van der Waals surface area contributed by atoms with Gasteiger partial charge in [-0.25, -0.2) is 0 Å². The van der Waals surface area contributed by atoms with Gasteiger partial charge >= 0.3 is 0 Å². The van der Waals surface area contributed by atoms with Crippen LogP contribution in [-0.4, -0.2) is 36.6 Å².